The summed E-state index contributed by atoms with van der Waals surface area (Å²) in [6, 6.07) is 0.629. The number of nitrogens with zero attached hydrogens (tertiary/aromatic N) is 1. The first-order valence-corrected chi connectivity index (χ1v) is 7.48. The standard InChI is InChI=1S/C15H29NO/c1-12(2)16-9-7-15(17,8-10-16)14-6-4-5-13(3)11-14/h12-14,17H,4-11H2,1-3H3. The lowest BCUT2D eigenvalue weighted by Crippen LogP contribution is -2.51. The smallest absolute Gasteiger partial charge is 0.0700 e. The largest absolute Gasteiger partial charge is 0.390 e. The van der Waals surface area contributed by atoms with E-state index in [1.54, 1.807) is 0 Å². The molecule has 0 aromatic carbocycles. The summed E-state index contributed by atoms with van der Waals surface area (Å²) < 4.78 is 0. The molecule has 0 bridgehead atoms. The van der Waals surface area contributed by atoms with Gasteiger partial charge in [-0.3, -0.25) is 0 Å². The molecule has 0 spiro atoms. The van der Waals surface area contributed by atoms with Crippen molar-refractivity contribution < 1.29 is 5.11 Å². The van der Waals surface area contributed by atoms with Gasteiger partial charge in [0.15, 0.2) is 0 Å². The normalized spacial score (nSPS) is 35.1. The average Bonchev–Trinajstić information content (AvgIpc) is 2.29. The van der Waals surface area contributed by atoms with Crippen molar-refractivity contribution in [2.45, 2.75) is 70.9 Å². The highest BCUT2D eigenvalue weighted by molar-refractivity contribution is 4.94. The molecule has 1 saturated carbocycles. The first kappa shape index (κ1) is 13.4. The molecule has 0 aromatic rings. The van der Waals surface area contributed by atoms with E-state index in [1.165, 1.54) is 25.7 Å². The zero-order chi connectivity index (χ0) is 12.5. The van der Waals surface area contributed by atoms with E-state index >= 15 is 0 Å². The molecule has 0 radical (unpaired) electrons. The summed E-state index contributed by atoms with van der Waals surface area (Å²) in [5.74, 6) is 1.39. The first-order valence-electron chi connectivity index (χ1n) is 7.48. The van der Waals surface area contributed by atoms with E-state index in [4.69, 9.17) is 0 Å². The molecule has 17 heavy (non-hydrogen) atoms. The fourth-order valence-electron chi connectivity index (χ4n) is 3.76. The van der Waals surface area contributed by atoms with Crippen LogP contribution >= 0.6 is 0 Å². The van der Waals surface area contributed by atoms with Gasteiger partial charge in [-0.1, -0.05) is 19.8 Å². The highest BCUT2D eigenvalue weighted by atomic mass is 16.3. The third kappa shape index (κ3) is 3.03. The maximum atomic E-state index is 10.9. The fraction of sp³-hybridized carbons (Fsp3) is 1.00. The van der Waals surface area contributed by atoms with Crippen LogP contribution in [0.1, 0.15) is 59.3 Å². The Hall–Kier alpha value is -0.0800. The van der Waals surface area contributed by atoms with Crippen LogP contribution < -0.4 is 0 Å². The van der Waals surface area contributed by atoms with Crippen LogP contribution in [0.4, 0.5) is 0 Å². The molecule has 2 aliphatic rings. The van der Waals surface area contributed by atoms with Crippen LogP contribution in [0.25, 0.3) is 0 Å². The van der Waals surface area contributed by atoms with Crippen LogP contribution in [0.15, 0.2) is 0 Å². The van der Waals surface area contributed by atoms with Gasteiger partial charge < -0.3 is 10.0 Å². The van der Waals surface area contributed by atoms with E-state index in [2.05, 4.69) is 25.7 Å². The van der Waals surface area contributed by atoms with Crippen molar-refractivity contribution in [2.24, 2.45) is 11.8 Å². The van der Waals surface area contributed by atoms with E-state index in [9.17, 15) is 5.11 Å². The van der Waals surface area contributed by atoms with E-state index in [0.717, 1.165) is 31.8 Å². The zero-order valence-electron chi connectivity index (χ0n) is 11.8. The SMILES string of the molecule is CC1CCCC(C2(O)CCN(C(C)C)CC2)C1. The molecule has 1 N–H and O–H groups in total. The number of likely N-dealkylation sites (tertiary alicyclic amines) is 1. The predicted octanol–water partition coefficient (Wildman–Crippen LogP) is 3.05. The van der Waals surface area contributed by atoms with E-state index in [0.29, 0.717) is 12.0 Å². The van der Waals surface area contributed by atoms with E-state index in [-0.39, 0.29) is 5.60 Å². The van der Waals surface area contributed by atoms with Gasteiger partial charge in [0.25, 0.3) is 0 Å². The minimum absolute atomic E-state index is 0.347. The van der Waals surface area contributed by atoms with Crippen LogP contribution in [0.3, 0.4) is 0 Å². The van der Waals surface area contributed by atoms with Crippen LogP contribution in [0, 0.1) is 11.8 Å². The van der Waals surface area contributed by atoms with E-state index < -0.39 is 0 Å². The van der Waals surface area contributed by atoms with E-state index in [1.807, 2.05) is 0 Å². The van der Waals surface area contributed by atoms with Gasteiger partial charge in [0.1, 0.15) is 0 Å². The molecule has 2 rings (SSSR count). The number of hydrogen-bond acceptors (Lipinski definition) is 2. The van der Waals surface area contributed by atoms with Gasteiger partial charge in [0, 0.05) is 19.1 Å². The Morgan fingerprint density at radius 3 is 2.35 bits per heavy atom. The van der Waals surface area contributed by atoms with Gasteiger partial charge in [-0.15, -0.1) is 0 Å². The monoisotopic (exact) mass is 239 g/mol. The lowest BCUT2D eigenvalue weighted by Gasteiger charge is -2.46. The summed E-state index contributed by atoms with van der Waals surface area (Å²) in [7, 11) is 0. The minimum atomic E-state index is -0.347. The van der Waals surface area contributed by atoms with Gasteiger partial charge >= 0.3 is 0 Å². The topological polar surface area (TPSA) is 23.5 Å². The van der Waals surface area contributed by atoms with Crippen LogP contribution in [0.2, 0.25) is 0 Å². The van der Waals surface area contributed by atoms with Crippen molar-refractivity contribution in [3.63, 3.8) is 0 Å². The second-order valence-corrected chi connectivity index (χ2v) is 6.70. The zero-order valence-corrected chi connectivity index (χ0v) is 11.8. The molecule has 2 heteroatoms. The molecule has 1 saturated heterocycles. The predicted molar refractivity (Wildman–Crippen MR) is 72.0 cm³/mol. The molecular weight excluding hydrogens is 210 g/mol. The summed E-state index contributed by atoms with van der Waals surface area (Å²) in [6.45, 7) is 9.02. The minimum Gasteiger partial charge on any atom is -0.390 e. The number of hydrogen-bond donors (Lipinski definition) is 1. The second-order valence-electron chi connectivity index (χ2n) is 6.70. The Morgan fingerprint density at radius 2 is 1.82 bits per heavy atom. The van der Waals surface area contributed by atoms with Crippen molar-refractivity contribution in [2.75, 3.05) is 13.1 Å². The summed E-state index contributed by atoms with van der Waals surface area (Å²) in [5, 5.41) is 10.9. The maximum Gasteiger partial charge on any atom is 0.0700 e. The molecule has 1 heterocycles. The van der Waals surface area contributed by atoms with Gasteiger partial charge in [0.2, 0.25) is 0 Å². The quantitative estimate of drug-likeness (QED) is 0.800. The lowest BCUT2D eigenvalue weighted by molar-refractivity contribution is -0.0861. The molecule has 0 aromatic heterocycles. The van der Waals surface area contributed by atoms with Crippen LogP contribution in [-0.2, 0) is 0 Å². The molecular formula is C15H29NO. The Morgan fingerprint density at radius 1 is 1.18 bits per heavy atom. The van der Waals surface area contributed by atoms with Crippen molar-refractivity contribution in [3.05, 3.63) is 0 Å². The molecule has 2 nitrogen and oxygen atoms in total. The van der Waals surface area contributed by atoms with Gasteiger partial charge in [0.05, 0.1) is 5.60 Å². The third-order valence-electron chi connectivity index (χ3n) is 5.09. The molecule has 2 fully saturated rings. The maximum absolute atomic E-state index is 10.9. The fourth-order valence-corrected chi connectivity index (χ4v) is 3.76. The van der Waals surface area contributed by atoms with Crippen molar-refractivity contribution >= 4 is 0 Å². The summed E-state index contributed by atoms with van der Waals surface area (Å²) in [4.78, 5) is 2.50. The molecule has 1 aliphatic carbocycles. The Balaban J connectivity index is 1.92. The average molecular weight is 239 g/mol. The van der Waals surface area contributed by atoms with Gasteiger partial charge in [-0.2, -0.15) is 0 Å². The summed E-state index contributed by atoms with van der Waals surface area (Å²) in [6.07, 6.45) is 7.17. The summed E-state index contributed by atoms with van der Waals surface area (Å²) in [5.41, 5.74) is -0.347. The Labute approximate surface area is 106 Å². The molecule has 1 aliphatic heterocycles. The summed E-state index contributed by atoms with van der Waals surface area (Å²) >= 11 is 0. The number of rotatable bonds is 2. The van der Waals surface area contributed by atoms with Crippen LogP contribution in [-0.4, -0.2) is 34.7 Å². The first-order chi connectivity index (χ1) is 8.01. The van der Waals surface area contributed by atoms with Crippen molar-refractivity contribution in [1.82, 2.24) is 4.90 Å². The van der Waals surface area contributed by atoms with Crippen molar-refractivity contribution in [3.8, 4) is 0 Å². The Kier molecular flexibility index (Phi) is 4.14. The number of piperidine rings is 1. The Bertz CT molecular complexity index is 243. The van der Waals surface area contributed by atoms with Gasteiger partial charge in [-0.25, -0.2) is 0 Å². The molecule has 2 atom stereocenters. The number of aliphatic hydroxyl groups is 1. The van der Waals surface area contributed by atoms with Crippen LogP contribution in [0.5, 0.6) is 0 Å². The lowest BCUT2D eigenvalue weighted by atomic mass is 9.69. The van der Waals surface area contributed by atoms with Gasteiger partial charge in [-0.05, 0) is 51.4 Å². The third-order valence-corrected chi connectivity index (χ3v) is 5.09. The highest BCUT2D eigenvalue weighted by Gasteiger charge is 2.41. The molecule has 0 amide bonds. The highest BCUT2D eigenvalue weighted by Crippen LogP contribution is 2.41. The second kappa shape index (κ2) is 5.27. The van der Waals surface area contributed by atoms with Crippen molar-refractivity contribution in [1.29, 1.82) is 0 Å². The molecule has 2 unspecified atom stereocenters. The molecule has 100 valence electrons.